The van der Waals surface area contributed by atoms with Crippen molar-refractivity contribution in [3.8, 4) is 29.4 Å². The second-order valence-corrected chi connectivity index (χ2v) is 3.70. The van der Waals surface area contributed by atoms with Gasteiger partial charge in [-0.1, -0.05) is 5.92 Å². The van der Waals surface area contributed by atoms with Crippen molar-refractivity contribution in [3.05, 3.63) is 41.7 Å². The third-order valence-corrected chi connectivity index (χ3v) is 2.46. The molecule has 0 spiro atoms. The smallest absolute Gasteiger partial charge is 0.135 e. The lowest BCUT2D eigenvalue weighted by Crippen LogP contribution is -1.94. The molecule has 0 fully saturated rings. The van der Waals surface area contributed by atoms with Crippen molar-refractivity contribution in [1.29, 1.82) is 0 Å². The first kappa shape index (κ1) is 11.3. The quantitative estimate of drug-likeness (QED) is 0.745. The van der Waals surface area contributed by atoms with Crippen LogP contribution in [-0.4, -0.2) is 6.61 Å². The highest BCUT2D eigenvalue weighted by Crippen LogP contribution is 2.28. The Balaban J connectivity index is 2.44. The summed E-state index contributed by atoms with van der Waals surface area (Å²) in [5.41, 5.74) is 1.74. The van der Waals surface area contributed by atoms with Crippen molar-refractivity contribution in [2.45, 2.75) is 13.8 Å². The van der Waals surface area contributed by atoms with E-state index in [2.05, 4.69) is 5.92 Å². The van der Waals surface area contributed by atoms with E-state index in [1.807, 2.05) is 44.2 Å². The summed E-state index contributed by atoms with van der Waals surface area (Å²) in [6.07, 6.45) is 5.42. The fourth-order valence-electron chi connectivity index (χ4n) is 1.66. The first-order valence-electron chi connectivity index (χ1n) is 5.55. The molecule has 17 heavy (non-hydrogen) atoms. The van der Waals surface area contributed by atoms with Crippen LogP contribution in [0.3, 0.4) is 0 Å². The highest BCUT2D eigenvalue weighted by Gasteiger charge is 2.07. The summed E-state index contributed by atoms with van der Waals surface area (Å²) in [5.74, 6) is 5.05. The Kier molecular flexibility index (Phi) is 3.20. The number of ether oxygens (including phenoxy) is 1. The number of furan rings is 1. The lowest BCUT2D eigenvalue weighted by molar-refractivity contribution is 0.339. The molecule has 0 atom stereocenters. The lowest BCUT2D eigenvalue weighted by atomic mass is 10.1. The van der Waals surface area contributed by atoms with Gasteiger partial charge in [0.15, 0.2) is 0 Å². The molecule has 1 heterocycles. The van der Waals surface area contributed by atoms with Crippen LogP contribution in [0.4, 0.5) is 0 Å². The van der Waals surface area contributed by atoms with E-state index >= 15 is 0 Å². The van der Waals surface area contributed by atoms with E-state index in [9.17, 15) is 0 Å². The average Bonchev–Trinajstić information content (AvgIpc) is 2.76. The number of benzene rings is 1. The Morgan fingerprint density at radius 1 is 1.29 bits per heavy atom. The minimum Gasteiger partial charge on any atom is -0.493 e. The van der Waals surface area contributed by atoms with Crippen molar-refractivity contribution in [2.75, 3.05) is 6.61 Å². The van der Waals surface area contributed by atoms with Crippen LogP contribution in [-0.2, 0) is 0 Å². The molecule has 0 aliphatic rings. The normalized spacial score (nSPS) is 9.94. The van der Waals surface area contributed by atoms with E-state index in [0.29, 0.717) is 6.61 Å². The standard InChI is InChI=1S/C15H14O2/c1-4-12-7-8-13(10-15(12)16-5-2)14-9-6-11(3)17-14/h1,6-10H,5H2,2-3H3. The van der Waals surface area contributed by atoms with Crippen LogP contribution in [0.1, 0.15) is 18.2 Å². The van der Waals surface area contributed by atoms with Gasteiger partial charge >= 0.3 is 0 Å². The fraction of sp³-hybridized carbons (Fsp3) is 0.200. The van der Waals surface area contributed by atoms with Gasteiger partial charge in [-0.2, -0.15) is 0 Å². The van der Waals surface area contributed by atoms with Crippen LogP contribution in [0.15, 0.2) is 34.7 Å². The summed E-state index contributed by atoms with van der Waals surface area (Å²) in [6.45, 7) is 4.45. The fourth-order valence-corrected chi connectivity index (χ4v) is 1.66. The van der Waals surface area contributed by atoms with Crippen LogP contribution in [0.5, 0.6) is 5.75 Å². The summed E-state index contributed by atoms with van der Waals surface area (Å²) >= 11 is 0. The van der Waals surface area contributed by atoms with E-state index in [0.717, 1.165) is 28.4 Å². The maximum atomic E-state index is 5.57. The third-order valence-electron chi connectivity index (χ3n) is 2.46. The molecule has 2 aromatic rings. The van der Waals surface area contributed by atoms with Gasteiger partial charge in [0.1, 0.15) is 17.3 Å². The van der Waals surface area contributed by atoms with E-state index in [1.54, 1.807) is 0 Å². The summed E-state index contributed by atoms with van der Waals surface area (Å²) in [7, 11) is 0. The molecule has 0 unspecified atom stereocenters. The van der Waals surface area contributed by atoms with Crippen molar-refractivity contribution < 1.29 is 9.15 Å². The van der Waals surface area contributed by atoms with E-state index in [4.69, 9.17) is 15.6 Å². The zero-order chi connectivity index (χ0) is 12.3. The molecule has 86 valence electrons. The van der Waals surface area contributed by atoms with Crippen LogP contribution in [0.2, 0.25) is 0 Å². The van der Waals surface area contributed by atoms with Crippen LogP contribution >= 0.6 is 0 Å². The molecule has 1 aromatic carbocycles. The SMILES string of the molecule is C#Cc1ccc(-c2ccc(C)o2)cc1OCC. The third kappa shape index (κ3) is 2.34. The molecule has 2 heteroatoms. The average molecular weight is 226 g/mol. The second kappa shape index (κ2) is 4.80. The Morgan fingerprint density at radius 3 is 2.71 bits per heavy atom. The Morgan fingerprint density at radius 2 is 2.12 bits per heavy atom. The molecule has 0 bridgehead atoms. The van der Waals surface area contributed by atoms with Gasteiger partial charge in [-0.05, 0) is 44.2 Å². The van der Waals surface area contributed by atoms with Crippen LogP contribution in [0, 0.1) is 19.3 Å². The molecule has 1 aromatic heterocycles. The molecule has 0 saturated carbocycles. The number of terminal acetylenes is 1. The summed E-state index contributed by atoms with van der Waals surface area (Å²) < 4.78 is 11.1. The highest BCUT2D eigenvalue weighted by molar-refractivity contribution is 5.63. The van der Waals surface area contributed by atoms with Gasteiger partial charge in [-0.3, -0.25) is 0 Å². The molecule has 0 N–H and O–H groups in total. The largest absolute Gasteiger partial charge is 0.493 e. The van der Waals surface area contributed by atoms with Crippen molar-refractivity contribution in [1.82, 2.24) is 0 Å². The lowest BCUT2D eigenvalue weighted by Gasteiger charge is -2.07. The maximum absolute atomic E-state index is 5.57. The van der Waals surface area contributed by atoms with Gasteiger partial charge in [-0.25, -0.2) is 0 Å². The van der Waals surface area contributed by atoms with Gasteiger partial charge in [0, 0.05) is 5.56 Å². The Labute approximate surface area is 101 Å². The molecular weight excluding hydrogens is 212 g/mol. The zero-order valence-corrected chi connectivity index (χ0v) is 9.99. The molecule has 0 amide bonds. The van der Waals surface area contributed by atoms with Gasteiger partial charge in [-0.15, -0.1) is 6.42 Å². The number of aryl methyl sites for hydroxylation is 1. The predicted molar refractivity (Wildman–Crippen MR) is 68.0 cm³/mol. The molecule has 0 aliphatic heterocycles. The van der Waals surface area contributed by atoms with Crippen LogP contribution < -0.4 is 4.74 Å². The first-order chi connectivity index (χ1) is 8.24. The van der Waals surface area contributed by atoms with Crippen molar-refractivity contribution >= 4 is 0 Å². The molecular formula is C15H14O2. The number of hydrogen-bond acceptors (Lipinski definition) is 2. The predicted octanol–water partition coefficient (Wildman–Crippen LogP) is 3.64. The summed E-state index contributed by atoms with van der Waals surface area (Å²) in [5, 5.41) is 0. The first-order valence-corrected chi connectivity index (χ1v) is 5.55. The number of rotatable bonds is 3. The summed E-state index contributed by atoms with van der Waals surface area (Å²) in [6, 6.07) is 9.60. The molecule has 0 aliphatic carbocycles. The van der Waals surface area contributed by atoms with Gasteiger partial charge in [0.2, 0.25) is 0 Å². The second-order valence-electron chi connectivity index (χ2n) is 3.70. The molecule has 2 nitrogen and oxygen atoms in total. The Bertz CT molecular complexity index is 559. The molecule has 0 radical (unpaired) electrons. The topological polar surface area (TPSA) is 22.4 Å². The monoisotopic (exact) mass is 226 g/mol. The van der Waals surface area contributed by atoms with E-state index < -0.39 is 0 Å². The van der Waals surface area contributed by atoms with E-state index in [-0.39, 0.29) is 0 Å². The molecule has 2 rings (SSSR count). The highest BCUT2D eigenvalue weighted by atomic mass is 16.5. The Hall–Kier alpha value is -2.14. The van der Waals surface area contributed by atoms with E-state index in [1.165, 1.54) is 0 Å². The van der Waals surface area contributed by atoms with Gasteiger partial charge in [0.05, 0.1) is 12.2 Å². The summed E-state index contributed by atoms with van der Waals surface area (Å²) in [4.78, 5) is 0. The minimum absolute atomic E-state index is 0.593. The molecule has 0 saturated heterocycles. The van der Waals surface area contributed by atoms with Crippen LogP contribution in [0.25, 0.3) is 11.3 Å². The number of hydrogen-bond donors (Lipinski definition) is 0. The van der Waals surface area contributed by atoms with Gasteiger partial charge < -0.3 is 9.15 Å². The maximum Gasteiger partial charge on any atom is 0.135 e. The zero-order valence-electron chi connectivity index (χ0n) is 9.99. The van der Waals surface area contributed by atoms with Crippen molar-refractivity contribution in [3.63, 3.8) is 0 Å². The van der Waals surface area contributed by atoms with Crippen molar-refractivity contribution in [2.24, 2.45) is 0 Å². The van der Waals surface area contributed by atoms with Gasteiger partial charge in [0.25, 0.3) is 0 Å². The minimum atomic E-state index is 0.593.